The molecule has 3 aromatic rings. The van der Waals surface area contributed by atoms with E-state index in [1.54, 1.807) is 36.5 Å². The van der Waals surface area contributed by atoms with E-state index in [4.69, 9.17) is 4.74 Å². The van der Waals surface area contributed by atoms with Gasteiger partial charge in [-0.25, -0.2) is 10.1 Å². The minimum Gasteiger partial charge on any atom is -0.481 e. The van der Waals surface area contributed by atoms with Gasteiger partial charge in [-0.2, -0.15) is 5.10 Å². The molecule has 2 N–H and O–H groups in total. The number of aromatic nitrogens is 3. The molecule has 0 aliphatic rings. The summed E-state index contributed by atoms with van der Waals surface area (Å²) in [5.74, 6) is 0.140. The van der Waals surface area contributed by atoms with Gasteiger partial charge in [0.05, 0.1) is 12.5 Å². The largest absolute Gasteiger partial charge is 0.481 e. The summed E-state index contributed by atoms with van der Waals surface area (Å²) >= 11 is 0. The van der Waals surface area contributed by atoms with Crippen molar-refractivity contribution in [2.75, 3.05) is 7.11 Å². The Labute approximate surface area is 131 Å². The highest BCUT2D eigenvalue weighted by Gasteiger charge is 2.13. The standard InChI is InChI=1S/C16H14N4O3/c1-23-13-7-6-10(8-17-13)9-18-16(22)14-11-4-2-3-5-12(11)15(21)20-19-14/h2-8H,9H2,1H3,(H,18,22)(H,20,21). The van der Waals surface area contributed by atoms with Crippen LogP contribution in [0.2, 0.25) is 0 Å². The van der Waals surface area contributed by atoms with Crippen LogP contribution in [0.1, 0.15) is 16.1 Å². The fourth-order valence-corrected chi connectivity index (χ4v) is 2.19. The number of aromatic amines is 1. The van der Waals surface area contributed by atoms with Gasteiger partial charge in [-0.05, 0) is 11.6 Å². The summed E-state index contributed by atoms with van der Waals surface area (Å²) in [5, 5.41) is 9.91. The average Bonchev–Trinajstić information content (AvgIpc) is 2.60. The highest BCUT2D eigenvalue weighted by molar-refractivity contribution is 6.04. The molecule has 3 rings (SSSR count). The van der Waals surface area contributed by atoms with Crippen molar-refractivity contribution >= 4 is 16.7 Å². The Balaban J connectivity index is 1.81. The van der Waals surface area contributed by atoms with Gasteiger partial charge in [0.1, 0.15) is 0 Å². The van der Waals surface area contributed by atoms with Gasteiger partial charge in [-0.15, -0.1) is 0 Å². The van der Waals surface area contributed by atoms with E-state index in [9.17, 15) is 9.59 Å². The maximum absolute atomic E-state index is 12.3. The molecular formula is C16H14N4O3. The first-order chi connectivity index (χ1) is 11.2. The highest BCUT2D eigenvalue weighted by Crippen LogP contribution is 2.12. The number of methoxy groups -OCH3 is 1. The number of benzene rings is 1. The number of hydrogen-bond donors (Lipinski definition) is 2. The van der Waals surface area contributed by atoms with E-state index in [2.05, 4.69) is 20.5 Å². The lowest BCUT2D eigenvalue weighted by atomic mass is 10.1. The van der Waals surface area contributed by atoms with Crippen molar-refractivity contribution in [1.29, 1.82) is 0 Å². The van der Waals surface area contributed by atoms with Gasteiger partial charge < -0.3 is 10.1 Å². The first kappa shape index (κ1) is 14.7. The molecule has 0 aliphatic carbocycles. The van der Waals surface area contributed by atoms with Crippen LogP contribution in [0.25, 0.3) is 10.8 Å². The van der Waals surface area contributed by atoms with Crippen LogP contribution in [0.15, 0.2) is 47.4 Å². The number of carbonyl (C=O) groups is 1. The number of hydrogen-bond acceptors (Lipinski definition) is 5. The van der Waals surface area contributed by atoms with E-state index in [0.717, 1.165) is 5.56 Å². The fraction of sp³-hybridized carbons (Fsp3) is 0.125. The van der Waals surface area contributed by atoms with Gasteiger partial charge in [0.2, 0.25) is 5.88 Å². The van der Waals surface area contributed by atoms with Gasteiger partial charge in [0, 0.05) is 24.2 Å². The van der Waals surface area contributed by atoms with Crippen LogP contribution in [0, 0.1) is 0 Å². The Morgan fingerprint density at radius 2 is 2.00 bits per heavy atom. The van der Waals surface area contributed by atoms with Crippen molar-refractivity contribution in [3.8, 4) is 5.88 Å². The van der Waals surface area contributed by atoms with Crippen LogP contribution in [0.5, 0.6) is 5.88 Å². The summed E-state index contributed by atoms with van der Waals surface area (Å²) in [7, 11) is 1.54. The van der Waals surface area contributed by atoms with E-state index in [-0.39, 0.29) is 17.2 Å². The maximum atomic E-state index is 12.3. The van der Waals surface area contributed by atoms with Crippen LogP contribution in [-0.4, -0.2) is 28.2 Å². The number of pyridine rings is 1. The topological polar surface area (TPSA) is 97.0 Å². The van der Waals surface area contributed by atoms with Gasteiger partial charge >= 0.3 is 0 Å². The van der Waals surface area contributed by atoms with Crippen molar-refractivity contribution < 1.29 is 9.53 Å². The van der Waals surface area contributed by atoms with E-state index >= 15 is 0 Å². The van der Waals surface area contributed by atoms with E-state index in [0.29, 0.717) is 23.2 Å². The van der Waals surface area contributed by atoms with Crippen LogP contribution in [0.4, 0.5) is 0 Å². The molecule has 116 valence electrons. The normalized spacial score (nSPS) is 10.5. The molecule has 0 fully saturated rings. The number of rotatable bonds is 4. The second-order valence-corrected chi connectivity index (χ2v) is 4.84. The number of H-pyrrole nitrogens is 1. The molecule has 1 amide bonds. The summed E-state index contributed by atoms with van der Waals surface area (Å²) in [4.78, 5) is 28.1. The molecule has 0 saturated heterocycles. The molecule has 7 nitrogen and oxygen atoms in total. The summed E-state index contributed by atoms with van der Waals surface area (Å²) in [6.07, 6.45) is 1.62. The summed E-state index contributed by atoms with van der Waals surface area (Å²) in [5.41, 5.74) is 0.686. The molecule has 1 aromatic carbocycles. The molecule has 0 aliphatic heterocycles. The zero-order chi connectivity index (χ0) is 16.2. The van der Waals surface area contributed by atoms with Crippen LogP contribution in [0.3, 0.4) is 0 Å². The lowest BCUT2D eigenvalue weighted by Gasteiger charge is -2.07. The molecule has 7 heteroatoms. The molecule has 2 aromatic heterocycles. The zero-order valence-corrected chi connectivity index (χ0v) is 12.4. The number of nitrogens with zero attached hydrogens (tertiary/aromatic N) is 2. The zero-order valence-electron chi connectivity index (χ0n) is 12.4. The molecule has 0 bridgehead atoms. The van der Waals surface area contributed by atoms with Crippen LogP contribution >= 0.6 is 0 Å². The third-order valence-corrected chi connectivity index (χ3v) is 3.37. The smallest absolute Gasteiger partial charge is 0.272 e. The van der Waals surface area contributed by atoms with Crippen LogP contribution in [-0.2, 0) is 6.54 Å². The second kappa shape index (κ2) is 6.27. The number of amides is 1. The number of nitrogens with one attached hydrogen (secondary N) is 2. The van der Waals surface area contributed by atoms with Crippen molar-refractivity contribution in [2.24, 2.45) is 0 Å². The molecule has 23 heavy (non-hydrogen) atoms. The molecular weight excluding hydrogens is 296 g/mol. The molecule has 0 spiro atoms. The summed E-state index contributed by atoms with van der Waals surface area (Å²) < 4.78 is 4.98. The van der Waals surface area contributed by atoms with Gasteiger partial charge in [0.15, 0.2) is 5.69 Å². The summed E-state index contributed by atoms with van der Waals surface area (Å²) in [6.45, 7) is 0.297. The monoisotopic (exact) mass is 310 g/mol. The third kappa shape index (κ3) is 3.03. The van der Waals surface area contributed by atoms with Gasteiger partial charge in [-0.3, -0.25) is 9.59 Å². The SMILES string of the molecule is COc1ccc(CNC(=O)c2n[nH]c(=O)c3ccccc23)cn1. The Morgan fingerprint density at radius 3 is 2.70 bits per heavy atom. The summed E-state index contributed by atoms with van der Waals surface area (Å²) in [6, 6.07) is 10.4. The molecule has 0 atom stereocenters. The van der Waals surface area contributed by atoms with E-state index in [1.165, 1.54) is 7.11 Å². The van der Waals surface area contributed by atoms with E-state index < -0.39 is 0 Å². The van der Waals surface area contributed by atoms with Gasteiger partial charge in [-0.1, -0.05) is 24.3 Å². The molecule has 0 saturated carbocycles. The lowest BCUT2D eigenvalue weighted by Crippen LogP contribution is -2.26. The van der Waals surface area contributed by atoms with Crippen molar-refractivity contribution in [1.82, 2.24) is 20.5 Å². The molecule has 2 heterocycles. The predicted octanol–water partition coefficient (Wildman–Crippen LogP) is 1.26. The quantitative estimate of drug-likeness (QED) is 0.756. The molecule has 0 unspecified atom stereocenters. The lowest BCUT2D eigenvalue weighted by molar-refractivity contribution is 0.0946. The van der Waals surface area contributed by atoms with Gasteiger partial charge in [0.25, 0.3) is 11.5 Å². The second-order valence-electron chi connectivity index (χ2n) is 4.84. The first-order valence-electron chi connectivity index (χ1n) is 6.93. The molecule has 0 radical (unpaired) electrons. The highest BCUT2D eigenvalue weighted by atomic mass is 16.5. The van der Waals surface area contributed by atoms with E-state index in [1.807, 2.05) is 6.07 Å². The Hall–Kier alpha value is -3.22. The first-order valence-corrected chi connectivity index (χ1v) is 6.93. The number of carbonyl (C=O) groups excluding carboxylic acids is 1. The van der Waals surface area contributed by atoms with Crippen molar-refractivity contribution in [3.63, 3.8) is 0 Å². The minimum atomic E-state index is -0.367. The fourth-order valence-electron chi connectivity index (χ4n) is 2.19. The predicted molar refractivity (Wildman–Crippen MR) is 84.3 cm³/mol. The number of ether oxygens (including phenoxy) is 1. The maximum Gasteiger partial charge on any atom is 0.272 e. The Bertz CT molecular complexity index is 903. The van der Waals surface area contributed by atoms with Crippen molar-refractivity contribution in [3.05, 3.63) is 64.2 Å². The average molecular weight is 310 g/mol. The number of fused-ring (bicyclic) bond motifs is 1. The van der Waals surface area contributed by atoms with Crippen molar-refractivity contribution in [2.45, 2.75) is 6.54 Å². The van der Waals surface area contributed by atoms with Crippen LogP contribution < -0.4 is 15.6 Å². The third-order valence-electron chi connectivity index (χ3n) is 3.37. The Morgan fingerprint density at radius 1 is 1.22 bits per heavy atom. The Kier molecular flexibility index (Phi) is 4.01. The minimum absolute atomic E-state index is 0.182.